The molecular weight excluding hydrogens is 232 g/mol. The van der Waals surface area contributed by atoms with E-state index in [1.54, 1.807) is 0 Å². The monoisotopic (exact) mass is 242 g/mol. The Morgan fingerprint density at radius 2 is 2.15 bits per heavy atom. The largest absolute Gasteiger partial charge is 0.464 e. The summed E-state index contributed by atoms with van der Waals surface area (Å²) >= 11 is 3.40. The smallest absolute Gasteiger partial charge is 0.206 e. The number of rotatable bonds is 0. The second kappa shape index (κ2) is 2.72. The number of ether oxygens (including phenoxy) is 1. The van der Waals surface area contributed by atoms with Crippen LogP contribution in [0.15, 0.2) is 22.7 Å². The van der Waals surface area contributed by atoms with Crippen LogP contribution in [-0.4, -0.2) is 11.4 Å². The van der Waals surface area contributed by atoms with Crippen LogP contribution in [0.25, 0.3) is 0 Å². The zero-order valence-corrected chi connectivity index (χ0v) is 9.13. The highest BCUT2D eigenvalue weighted by Gasteiger charge is 2.40. The highest BCUT2D eigenvalue weighted by Crippen LogP contribution is 2.42. The molecule has 1 aliphatic rings. The van der Waals surface area contributed by atoms with E-state index >= 15 is 0 Å². The van der Waals surface area contributed by atoms with E-state index in [2.05, 4.69) is 15.9 Å². The zero-order valence-electron chi connectivity index (χ0n) is 7.54. The average Bonchev–Trinajstić information content (AvgIpc) is 2.27. The first-order chi connectivity index (χ1) is 6.01. The lowest BCUT2D eigenvalue weighted by Gasteiger charge is -2.20. The van der Waals surface area contributed by atoms with Gasteiger partial charge in [-0.15, -0.1) is 0 Å². The van der Waals surface area contributed by atoms with E-state index in [0.717, 1.165) is 15.8 Å². The number of aliphatic hydroxyl groups excluding tert-OH is 1. The Morgan fingerprint density at radius 3 is 2.85 bits per heavy atom. The Kier molecular flexibility index (Phi) is 1.89. The molecule has 0 bridgehead atoms. The second-order valence-electron chi connectivity index (χ2n) is 3.83. The van der Waals surface area contributed by atoms with Crippen molar-refractivity contribution < 1.29 is 9.84 Å². The third kappa shape index (κ3) is 1.27. The molecule has 0 saturated carbocycles. The molecular formula is C10H11BrO2. The minimum absolute atomic E-state index is 0.320. The molecule has 0 fully saturated rings. The van der Waals surface area contributed by atoms with Crippen LogP contribution in [-0.2, 0) is 5.41 Å². The van der Waals surface area contributed by atoms with Crippen LogP contribution in [0.3, 0.4) is 0 Å². The van der Waals surface area contributed by atoms with Crippen LogP contribution in [0.2, 0.25) is 0 Å². The van der Waals surface area contributed by atoms with Gasteiger partial charge in [-0.1, -0.05) is 15.9 Å². The summed E-state index contributed by atoms with van der Waals surface area (Å²) in [6.07, 6.45) is -0.739. The van der Waals surface area contributed by atoms with Crippen molar-refractivity contribution in [2.75, 3.05) is 0 Å². The number of hydrogen-bond acceptors (Lipinski definition) is 2. The topological polar surface area (TPSA) is 29.5 Å². The number of benzene rings is 1. The van der Waals surface area contributed by atoms with Crippen molar-refractivity contribution in [3.8, 4) is 5.75 Å². The Labute approximate surface area is 85.7 Å². The van der Waals surface area contributed by atoms with Crippen LogP contribution < -0.4 is 4.74 Å². The van der Waals surface area contributed by atoms with Crippen LogP contribution in [0.5, 0.6) is 5.75 Å². The summed E-state index contributed by atoms with van der Waals surface area (Å²) in [5.41, 5.74) is 0.730. The summed E-state index contributed by atoms with van der Waals surface area (Å²) in [6, 6.07) is 5.77. The molecule has 1 aliphatic heterocycles. The first-order valence-electron chi connectivity index (χ1n) is 4.16. The van der Waals surface area contributed by atoms with Gasteiger partial charge in [0.25, 0.3) is 0 Å². The van der Waals surface area contributed by atoms with E-state index in [9.17, 15) is 5.11 Å². The van der Waals surface area contributed by atoms with Gasteiger partial charge in [-0.05, 0) is 32.0 Å². The summed E-state index contributed by atoms with van der Waals surface area (Å²) < 4.78 is 6.32. The molecule has 0 saturated heterocycles. The van der Waals surface area contributed by atoms with Crippen molar-refractivity contribution in [2.45, 2.75) is 25.6 Å². The first kappa shape index (κ1) is 9.03. The van der Waals surface area contributed by atoms with Gasteiger partial charge in [0.15, 0.2) is 0 Å². The third-order valence-electron chi connectivity index (χ3n) is 2.49. The number of halogens is 1. The molecule has 1 aromatic rings. The fourth-order valence-corrected chi connectivity index (χ4v) is 1.87. The molecule has 1 atom stereocenters. The van der Waals surface area contributed by atoms with E-state index in [0.29, 0.717) is 0 Å². The van der Waals surface area contributed by atoms with Crippen molar-refractivity contribution in [1.29, 1.82) is 0 Å². The molecule has 2 rings (SSSR count). The Hall–Kier alpha value is -0.540. The van der Waals surface area contributed by atoms with Crippen LogP contribution in [0, 0.1) is 0 Å². The summed E-state index contributed by atoms with van der Waals surface area (Å²) in [4.78, 5) is 0. The summed E-state index contributed by atoms with van der Waals surface area (Å²) in [5, 5.41) is 9.63. The van der Waals surface area contributed by atoms with Gasteiger partial charge in [-0.3, -0.25) is 0 Å². The number of aliphatic hydroxyl groups is 1. The quantitative estimate of drug-likeness (QED) is 0.758. The van der Waals surface area contributed by atoms with E-state index in [4.69, 9.17) is 4.74 Å². The highest BCUT2D eigenvalue weighted by atomic mass is 79.9. The van der Waals surface area contributed by atoms with E-state index in [1.807, 2.05) is 32.0 Å². The number of hydrogen-bond donors (Lipinski definition) is 1. The normalized spacial score (nSPS) is 23.8. The maximum absolute atomic E-state index is 9.63. The number of fused-ring (bicyclic) bond motifs is 1. The molecule has 0 aromatic heterocycles. The second-order valence-corrected chi connectivity index (χ2v) is 4.75. The molecule has 1 heterocycles. The first-order valence-corrected chi connectivity index (χ1v) is 4.96. The lowest BCUT2D eigenvalue weighted by Crippen LogP contribution is -2.31. The SMILES string of the molecule is CC1(C)c2cc(Br)ccc2OC1O. The summed E-state index contributed by atoms with van der Waals surface area (Å²) in [6.45, 7) is 3.94. The van der Waals surface area contributed by atoms with Gasteiger partial charge in [0.1, 0.15) is 5.75 Å². The molecule has 3 heteroatoms. The van der Waals surface area contributed by atoms with Gasteiger partial charge in [0.2, 0.25) is 6.29 Å². The van der Waals surface area contributed by atoms with Gasteiger partial charge < -0.3 is 9.84 Å². The molecule has 0 aliphatic carbocycles. The molecule has 70 valence electrons. The van der Waals surface area contributed by atoms with Crippen molar-refractivity contribution in [3.05, 3.63) is 28.2 Å². The van der Waals surface area contributed by atoms with Crippen LogP contribution >= 0.6 is 15.9 Å². The molecule has 2 nitrogen and oxygen atoms in total. The van der Waals surface area contributed by atoms with E-state index < -0.39 is 6.29 Å². The minimum atomic E-state index is -0.739. The van der Waals surface area contributed by atoms with E-state index in [-0.39, 0.29) is 5.41 Å². The molecule has 1 unspecified atom stereocenters. The van der Waals surface area contributed by atoms with Gasteiger partial charge in [-0.25, -0.2) is 0 Å². The van der Waals surface area contributed by atoms with Crippen molar-refractivity contribution >= 4 is 15.9 Å². The molecule has 0 spiro atoms. The Balaban J connectivity index is 2.57. The van der Waals surface area contributed by atoms with E-state index in [1.165, 1.54) is 0 Å². The van der Waals surface area contributed by atoms with Crippen LogP contribution in [0.4, 0.5) is 0 Å². The maximum atomic E-state index is 9.63. The highest BCUT2D eigenvalue weighted by molar-refractivity contribution is 9.10. The summed E-state index contributed by atoms with van der Waals surface area (Å²) in [5.74, 6) is 0.778. The zero-order chi connectivity index (χ0) is 9.64. The molecule has 0 amide bonds. The lowest BCUT2D eigenvalue weighted by molar-refractivity contribution is -0.0450. The van der Waals surface area contributed by atoms with Crippen molar-refractivity contribution in [3.63, 3.8) is 0 Å². The van der Waals surface area contributed by atoms with Crippen LogP contribution in [0.1, 0.15) is 19.4 Å². The molecule has 13 heavy (non-hydrogen) atoms. The van der Waals surface area contributed by atoms with Gasteiger partial charge >= 0.3 is 0 Å². The average molecular weight is 243 g/mol. The summed E-state index contributed by atoms with van der Waals surface area (Å²) in [7, 11) is 0. The standard InChI is InChI=1S/C10H11BrO2/c1-10(2)7-5-6(11)3-4-8(7)13-9(10)12/h3-5,9,12H,1-2H3. The molecule has 1 aromatic carbocycles. The van der Waals surface area contributed by atoms with Gasteiger partial charge in [0.05, 0.1) is 5.41 Å². The third-order valence-corrected chi connectivity index (χ3v) is 2.99. The van der Waals surface area contributed by atoms with Crippen molar-refractivity contribution in [2.24, 2.45) is 0 Å². The lowest BCUT2D eigenvalue weighted by atomic mass is 9.86. The van der Waals surface area contributed by atoms with Gasteiger partial charge in [-0.2, -0.15) is 0 Å². The predicted molar refractivity (Wildman–Crippen MR) is 53.8 cm³/mol. The maximum Gasteiger partial charge on any atom is 0.206 e. The van der Waals surface area contributed by atoms with Crippen molar-refractivity contribution in [1.82, 2.24) is 0 Å². The van der Waals surface area contributed by atoms with Gasteiger partial charge in [0, 0.05) is 10.0 Å². The predicted octanol–water partition coefficient (Wildman–Crippen LogP) is 2.44. The Bertz CT molecular complexity index is 347. The Morgan fingerprint density at radius 1 is 1.46 bits per heavy atom. The minimum Gasteiger partial charge on any atom is -0.464 e. The fraction of sp³-hybridized carbons (Fsp3) is 0.400. The fourth-order valence-electron chi connectivity index (χ4n) is 1.51. The molecule has 0 radical (unpaired) electrons. The molecule has 1 N–H and O–H groups in total.